The van der Waals surface area contributed by atoms with Gasteiger partial charge in [-0.3, -0.25) is 9.48 Å². The molecule has 0 aliphatic heterocycles. The highest BCUT2D eigenvalue weighted by atomic mass is 16.5. The second-order valence-electron chi connectivity index (χ2n) is 5.75. The number of nitrogens with one attached hydrogen (secondary N) is 1. The molecule has 124 valence electrons. The molecular formula is C18H20N4O2. The first-order chi connectivity index (χ1) is 11.5. The minimum absolute atomic E-state index is 0.135. The van der Waals surface area contributed by atoms with Gasteiger partial charge in [-0.25, -0.2) is 4.98 Å². The van der Waals surface area contributed by atoms with Gasteiger partial charge in [0, 0.05) is 19.3 Å². The molecule has 6 nitrogen and oxygen atoms in total. The Morgan fingerprint density at radius 3 is 2.83 bits per heavy atom. The monoisotopic (exact) mass is 324 g/mol. The van der Waals surface area contributed by atoms with E-state index < -0.39 is 0 Å². The summed E-state index contributed by atoms with van der Waals surface area (Å²) >= 11 is 0. The first-order valence-corrected chi connectivity index (χ1v) is 7.71. The Hall–Kier alpha value is -2.89. The zero-order valence-electron chi connectivity index (χ0n) is 14.3. The molecule has 2 aromatic heterocycles. The van der Waals surface area contributed by atoms with E-state index in [2.05, 4.69) is 15.4 Å². The van der Waals surface area contributed by atoms with E-state index in [9.17, 15) is 4.79 Å². The lowest BCUT2D eigenvalue weighted by Gasteiger charge is -2.09. The number of rotatable bonds is 4. The van der Waals surface area contributed by atoms with Crippen molar-refractivity contribution in [1.29, 1.82) is 0 Å². The Bertz CT molecular complexity index is 915. The Balaban J connectivity index is 1.88. The van der Waals surface area contributed by atoms with Crippen LogP contribution in [0.2, 0.25) is 0 Å². The summed E-state index contributed by atoms with van der Waals surface area (Å²) in [6, 6.07) is 9.44. The molecule has 6 heteroatoms. The van der Waals surface area contributed by atoms with E-state index in [-0.39, 0.29) is 5.91 Å². The van der Waals surface area contributed by atoms with Crippen LogP contribution in [-0.2, 0) is 13.6 Å². The van der Waals surface area contributed by atoms with Crippen molar-refractivity contribution in [2.24, 2.45) is 7.05 Å². The highest BCUT2D eigenvalue weighted by Crippen LogP contribution is 2.21. The summed E-state index contributed by atoms with van der Waals surface area (Å²) in [5.41, 5.74) is 3.89. The molecule has 0 fully saturated rings. The maximum atomic E-state index is 12.7. The number of methoxy groups -OCH3 is 1. The maximum Gasteiger partial charge on any atom is 0.252 e. The van der Waals surface area contributed by atoms with Crippen molar-refractivity contribution in [1.82, 2.24) is 20.1 Å². The van der Waals surface area contributed by atoms with Crippen molar-refractivity contribution in [3.05, 3.63) is 52.8 Å². The smallest absolute Gasteiger partial charge is 0.252 e. The van der Waals surface area contributed by atoms with Crippen molar-refractivity contribution in [3.8, 4) is 5.75 Å². The summed E-state index contributed by atoms with van der Waals surface area (Å²) in [4.78, 5) is 17.2. The third kappa shape index (κ3) is 2.95. The van der Waals surface area contributed by atoms with Gasteiger partial charge in [0.2, 0.25) is 0 Å². The van der Waals surface area contributed by atoms with Gasteiger partial charge in [0.15, 0.2) is 5.65 Å². The van der Waals surface area contributed by atoms with Crippen LogP contribution in [0.15, 0.2) is 30.3 Å². The number of amides is 1. The number of aryl methyl sites for hydroxylation is 3. The van der Waals surface area contributed by atoms with Gasteiger partial charge in [-0.2, -0.15) is 5.10 Å². The number of benzene rings is 1. The minimum Gasteiger partial charge on any atom is -0.497 e. The number of carbonyl (C=O) groups excluding carboxylic acids is 1. The van der Waals surface area contributed by atoms with Crippen molar-refractivity contribution in [2.45, 2.75) is 20.4 Å². The van der Waals surface area contributed by atoms with E-state index in [0.717, 1.165) is 33.7 Å². The van der Waals surface area contributed by atoms with Crippen LogP contribution in [0, 0.1) is 13.8 Å². The predicted molar refractivity (Wildman–Crippen MR) is 92.1 cm³/mol. The van der Waals surface area contributed by atoms with Gasteiger partial charge < -0.3 is 10.1 Å². The van der Waals surface area contributed by atoms with Gasteiger partial charge in [-0.15, -0.1) is 0 Å². The Morgan fingerprint density at radius 2 is 2.08 bits per heavy atom. The fourth-order valence-electron chi connectivity index (χ4n) is 2.81. The largest absolute Gasteiger partial charge is 0.497 e. The van der Waals surface area contributed by atoms with Gasteiger partial charge in [0.25, 0.3) is 5.91 Å². The number of aromatic nitrogens is 3. The van der Waals surface area contributed by atoms with E-state index in [1.807, 2.05) is 45.2 Å². The van der Waals surface area contributed by atoms with Gasteiger partial charge in [0.05, 0.1) is 23.8 Å². The highest BCUT2D eigenvalue weighted by Gasteiger charge is 2.17. The standard InChI is InChI=1S/C18H20N4O2/c1-11-8-15(16-12(2)21-22(3)17(16)20-11)18(23)19-10-13-6-5-7-14(9-13)24-4/h5-9H,10H2,1-4H3,(H,19,23). The van der Waals surface area contributed by atoms with Crippen molar-refractivity contribution in [2.75, 3.05) is 7.11 Å². The fraction of sp³-hybridized carbons (Fsp3) is 0.278. The molecular weight excluding hydrogens is 304 g/mol. The quantitative estimate of drug-likeness (QED) is 0.801. The van der Waals surface area contributed by atoms with Crippen molar-refractivity contribution >= 4 is 16.9 Å². The van der Waals surface area contributed by atoms with E-state index in [4.69, 9.17) is 4.74 Å². The average Bonchev–Trinajstić information content (AvgIpc) is 2.86. The van der Waals surface area contributed by atoms with Crippen LogP contribution in [0.3, 0.4) is 0 Å². The number of nitrogens with zero attached hydrogens (tertiary/aromatic N) is 3. The number of hydrogen-bond acceptors (Lipinski definition) is 4. The molecule has 3 aromatic rings. The molecule has 1 amide bonds. The fourth-order valence-corrected chi connectivity index (χ4v) is 2.81. The van der Waals surface area contributed by atoms with Crippen LogP contribution >= 0.6 is 0 Å². The minimum atomic E-state index is -0.135. The molecule has 1 N–H and O–H groups in total. The normalized spacial score (nSPS) is 10.8. The molecule has 0 aliphatic carbocycles. The molecule has 0 saturated carbocycles. The number of carbonyl (C=O) groups is 1. The molecule has 2 heterocycles. The summed E-state index contributed by atoms with van der Waals surface area (Å²) in [7, 11) is 3.46. The number of ether oxygens (including phenoxy) is 1. The van der Waals surface area contributed by atoms with Crippen LogP contribution in [-0.4, -0.2) is 27.8 Å². The Morgan fingerprint density at radius 1 is 1.29 bits per heavy atom. The molecule has 0 aliphatic rings. The molecule has 1 aromatic carbocycles. The third-order valence-corrected chi connectivity index (χ3v) is 3.93. The van der Waals surface area contributed by atoms with Crippen LogP contribution in [0.4, 0.5) is 0 Å². The second kappa shape index (κ2) is 6.31. The first-order valence-electron chi connectivity index (χ1n) is 7.71. The van der Waals surface area contributed by atoms with E-state index in [1.165, 1.54) is 0 Å². The zero-order valence-corrected chi connectivity index (χ0v) is 14.3. The number of hydrogen-bond donors (Lipinski definition) is 1. The summed E-state index contributed by atoms with van der Waals surface area (Å²) in [6.07, 6.45) is 0. The van der Waals surface area contributed by atoms with Gasteiger partial charge in [-0.05, 0) is 37.6 Å². The third-order valence-electron chi connectivity index (χ3n) is 3.93. The summed E-state index contributed by atoms with van der Waals surface area (Å²) < 4.78 is 6.91. The van der Waals surface area contributed by atoms with Gasteiger partial charge in [0.1, 0.15) is 5.75 Å². The Labute approximate surface area is 140 Å². The average molecular weight is 324 g/mol. The lowest BCUT2D eigenvalue weighted by Crippen LogP contribution is -2.23. The van der Waals surface area contributed by atoms with Crippen molar-refractivity contribution in [3.63, 3.8) is 0 Å². The molecule has 0 radical (unpaired) electrons. The number of fused-ring (bicyclic) bond motifs is 1. The zero-order chi connectivity index (χ0) is 17.3. The summed E-state index contributed by atoms with van der Waals surface area (Å²) in [5.74, 6) is 0.636. The topological polar surface area (TPSA) is 69.0 Å². The second-order valence-corrected chi connectivity index (χ2v) is 5.75. The molecule has 0 atom stereocenters. The van der Waals surface area contributed by atoms with Gasteiger partial charge >= 0.3 is 0 Å². The number of pyridine rings is 1. The van der Waals surface area contributed by atoms with E-state index in [1.54, 1.807) is 17.9 Å². The SMILES string of the molecule is COc1cccc(CNC(=O)c2cc(C)nc3c2c(C)nn3C)c1. The lowest BCUT2D eigenvalue weighted by atomic mass is 10.1. The molecule has 0 saturated heterocycles. The van der Waals surface area contributed by atoms with Crippen LogP contribution < -0.4 is 10.1 Å². The van der Waals surface area contributed by atoms with Crippen LogP contribution in [0.1, 0.15) is 27.3 Å². The summed E-state index contributed by atoms with van der Waals surface area (Å²) in [6.45, 7) is 4.19. The lowest BCUT2D eigenvalue weighted by molar-refractivity contribution is 0.0952. The summed E-state index contributed by atoms with van der Waals surface area (Å²) in [5, 5.41) is 8.13. The molecule has 0 bridgehead atoms. The van der Waals surface area contributed by atoms with E-state index >= 15 is 0 Å². The van der Waals surface area contributed by atoms with Crippen molar-refractivity contribution < 1.29 is 9.53 Å². The first kappa shape index (κ1) is 16.0. The Kier molecular flexibility index (Phi) is 4.20. The van der Waals surface area contributed by atoms with Gasteiger partial charge in [-0.1, -0.05) is 12.1 Å². The van der Waals surface area contributed by atoms with Crippen LogP contribution in [0.5, 0.6) is 5.75 Å². The molecule has 3 rings (SSSR count). The highest BCUT2D eigenvalue weighted by molar-refractivity contribution is 6.06. The van der Waals surface area contributed by atoms with Crippen LogP contribution in [0.25, 0.3) is 11.0 Å². The van der Waals surface area contributed by atoms with E-state index in [0.29, 0.717) is 12.1 Å². The maximum absolute atomic E-state index is 12.7. The molecule has 24 heavy (non-hydrogen) atoms. The predicted octanol–water partition coefficient (Wildman–Crippen LogP) is 2.52. The molecule has 0 unspecified atom stereocenters. The molecule has 0 spiro atoms.